The van der Waals surface area contributed by atoms with Crippen LogP contribution in [0.4, 0.5) is 0 Å². The summed E-state index contributed by atoms with van der Waals surface area (Å²) in [7, 11) is 0. The van der Waals surface area contributed by atoms with Crippen LogP contribution >= 0.6 is 0 Å². The molecule has 2 aromatic carbocycles. The smallest absolute Gasteiger partial charge is 0.359 e. The number of hydrogen-bond acceptors (Lipinski definition) is 6. The molecular formula is C21H21N3O5. The van der Waals surface area contributed by atoms with Crippen molar-refractivity contribution in [2.45, 2.75) is 19.5 Å². The van der Waals surface area contributed by atoms with E-state index in [4.69, 9.17) is 9.84 Å². The number of esters is 1. The SMILES string of the molecule is C[C@@H](NC(=O)COC(=O)c1nn(CCO)c(=O)c2ccccc12)c1ccccc1. The molecule has 3 aromatic rings. The number of hydrogen-bond donors (Lipinski definition) is 2. The first-order chi connectivity index (χ1) is 14.0. The maximum atomic E-state index is 12.5. The van der Waals surface area contributed by atoms with Gasteiger partial charge in [0.05, 0.1) is 24.6 Å². The molecule has 8 nitrogen and oxygen atoms in total. The molecule has 1 atom stereocenters. The maximum absolute atomic E-state index is 12.5. The van der Waals surface area contributed by atoms with Gasteiger partial charge in [-0.3, -0.25) is 9.59 Å². The van der Waals surface area contributed by atoms with Crippen molar-refractivity contribution in [3.8, 4) is 0 Å². The van der Waals surface area contributed by atoms with Gasteiger partial charge in [0, 0.05) is 5.39 Å². The highest BCUT2D eigenvalue weighted by Gasteiger charge is 2.19. The highest BCUT2D eigenvalue weighted by Crippen LogP contribution is 2.15. The predicted octanol–water partition coefficient (Wildman–Crippen LogP) is 1.42. The fourth-order valence-corrected chi connectivity index (χ4v) is 2.94. The maximum Gasteiger partial charge on any atom is 0.359 e. The van der Waals surface area contributed by atoms with Gasteiger partial charge in [-0.05, 0) is 18.6 Å². The quantitative estimate of drug-likeness (QED) is 0.586. The second-order valence-corrected chi connectivity index (χ2v) is 6.42. The molecule has 1 amide bonds. The fourth-order valence-electron chi connectivity index (χ4n) is 2.94. The summed E-state index contributed by atoms with van der Waals surface area (Å²) in [5.41, 5.74) is 0.425. The molecule has 0 spiro atoms. The molecule has 29 heavy (non-hydrogen) atoms. The van der Waals surface area contributed by atoms with Crippen molar-refractivity contribution >= 4 is 22.6 Å². The normalized spacial score (nSPS) is 11.8. The van der Waals surface area contributed by atoms with E-state index in [2.05, 4.69) is 10.4 Å². The van der Waals surface area contributed by atoms with Crippen LogP contribution in [0.5, 0.6) is 0 Å². The number of nitrogens with zero attached hydrogens (tertiary/aromatic N) is 2. The van der Waals surface area contributed by atoms with Crippen molar-refractivity contribution in [2.24, 2.45) is 0 Å². The van der Waals surface area contributed by atoms with Crippen molar-refractivity contribution in [3.63, 3.8) is 0 Å². The van der Waals surface area contributed by atoms with Crippen molar-refractivity contribution in [1.82, 2.24) is 15.1 Å². The molecule has 0 radical (unpaired) electrons. The lowest BCUT2D eigenvalue weighted by Crippen LogP contribution is -2.32. The number of ether oxygens (including phenoxy) is 1. The van der Waals surface area contributed by atoms with E-state index in [0.717, 1.165) is 10.2 Å². The van der Waals surface area contributed by atoms with E-state index in [9.17, 15) is 14.4 Å². The minimum absolute atomic E-state index is 0.0565. The van der Waals surface area contributed by atoms with Crippen LogP contribution in [-0.2, 0) is 16.1 Å². The Morgan fingerprint density at radius 3 is 2.45 bits per heavy atom. The van der Waals surface area contributed by atoms with E-state index in [1.807, 2.05) is 37.3 Å². The lowest BCUT2D eigenvalue weighted by Gasteiger charge is -2.14. The molecule has 0 aliphatic rings. The second-order valence-electron chi connectivity index (χ2n) is 6.42. The average Bonchev–Trinajstić information content (AvgIpc) is 2.74. The monoisotopic (exact) mass is 395 g/mol. The Bertz CT molecular complexity index is 1080. The number of carbonyl (C=O) groups is 2. The van der Waals surface area contributed by atoms with Crippen LogP contribution in [0, 0.1) is 0 Å². The summed E-state index contributed by atoms with van der Waals surface area (Å²) in [5, 5.41) is 16.5. The Morgan fingerprint density at radius 2 is 1.76 bits per heavy atom. The lowest BCUT2D eigenvalue weighted by molar-refractivity contribution is -0.124. The predicted molar refractivity (Wildman–Crippen MR) is 106 cm³/mol. The number of amides is 1. The van der Waals surface area contributed by atoms with Gasteiger partial charge in [0.25, 0.3) is 11.5 Å². The number of nitrogens with one attached hydrogen (secondary N) is 1. The van der Waals surface area contributed by atoms with Crippen LogP contribution < -0.4 is 10.9 Å². The molecule has 0 unspecified atom stereocenters. The third kappa shape index (κ3) is 4.67. The molecule has 1 heterocycles. The van der Waals surface area contributed by atoms with Gasteiger partial charge in [0.15, 0.2) is 12.3 Å². The molecule has 0 fully saturated rings. The van der Waals surface area contributed by atoms with Gasteiger partial charge in [-0.15, -0.1) is 0 Å². The molecule has 1 aromatic heterocycles. The van der Waals surface area contributed by atoms with Gasteiger partial charge in [0.2, 0.25) is 0 Å². The summed E-state index contributed by atoms with van der Waals surface area (Å²) < 4.78 is 6.13. The zero-order chi connectivity index (χ0) is 20.8. The Morgan fingerprint density at radius 1 is 1.10 bits per heavy atom. The number of benzene rings is 2. The van der Waals surface area contributed by atoms with Crippen molar-refractivity contribution in [1.29, 1.82) is 0 Å². The molecule has 0 saturated carbocycles. The molecule has 0 aliphatic heterocycles. The number of aliphatic hydroxyl groups is 1. The number of carbonyl (C=O) groups excluding carboxylic acids is 2. The van der Waals surface area contributed by atoms with Crippen molar-refractivity contribution in [2.75, 3.05) is 13.2 Å². The first-order valence-electron chi connectivity index (χ1n) is 9.13. The topological polar surface area (TPSA) is 111 Å². The third-order valence-corrected chi connectivity index (χ3v) is 4.38. The van der Waals surface area contributed by atoms with Gasteiger partial charge in [-0.25, -0.2) is 9.48 Å². The lowest BCUT2D eigenvalue weighted by atomic mass is 10.1. The molecule has 150 valence electrons. The van der Waals surface area contributed by atoms with Gasteiger partial charge in [-0.2, -0.15) is 5.10 Å². The molecule has 8 heteroatoms. The minimum Gasteiger partial charge on any atom is -0.451 e. The Balaban J connectivity index is 1.74. The average molecular weight is 395 g/mol. The summed E-state index contributed by atoms with van der Waals surface area (Å²) in [5.74, 6) is -1.28. The molecule has 0 bridgehead atoms. The number of fused-ring (bicyclic) bond motifs is 1. The van der Waals surface area contributed by atoms with E-state index in [-0.39, 0.29) is 30.3 Å². The number of rotatable bonds is 7. The summed E-state index contributed by atoms with van der Waals surface area (Å²) in [6.07, 6.45) is 0. The highest BCUT2D eigenvalue weighted by molar-refractivity contribution is 6.02. The van der Waals surface area contributed by atoms with Crippen LogP contribution in [0.15, 0.2) is 59.4 Å². The Hall–Kier alpha value is -3.52. The van der Waals surface area contributed by atoms with E-state index >= 15 is 0 Å². The minimum atomic E-state index is -0.824. The van der Waals surface area contributed by atoms with Crippen LogP contribution in [-0.4, -0.2) is 40.0 Å². The highest BCUT2D eigenvalue weighted by atomic mass is 16.5. The van der Waals surface area contributed by atoms with Gasteiger partial charge in [-0.1, -0.05) is 48.5 Å². The molecule has 3 rings (SSSR count). The molecule has 0 saturated heterocycles. The summed E-state index contributed by atoms with van der Waals surface area (Å²) in [6.45, 7) is 0.985. The summed E-state index contributed by atoms with van der Waals surface area (Å²) >= 11 is 0. The molecule has 0 aliphatic carbocycles. The fraction of sp³-hybridized carbons (Fsp3) is 0.238. The van der Waals surface area contributed by atoms with Crippen LogP contribution in [0.2, 0.25) is 0 Å². The van der Waals surface area contributed by atoms with Crippen molar-refractivity contribution in [3.05, 3.63) is 76.2 Å². The van der Waals surface area contributed by atoms with Crippen LogP contribution in [0.3, 0.4) is 0 Å². The van der Waals surface area contributed by atoms with Gasteiger partial charge >= 0.3 is 5.97 Å². The van der Waals surface area contributed by atoms with Crippen molar-refractivity contribution < 1.29 is 19.4 Å². The van der Waals surface area contributed by atoms with Gasteiger partial charge < -0.3 is 15.2 Å². The zero-order valence-corrected chi connectivity index (χ0v) is 15.9. The summed E-state index contributed by atoms with van der Waals surface area (Å²) in [6, 6.07) is 15.6. The second kappa shape index (κ2) is 9.11. The van der Waals surface area contributed by atoms with Crippen LogP contribution in [0.25, 0.3) is 10.8 Å². The van der Waals surface area contributed by atoms with E-state index in [0.29, 0.717) is 5.39 Å². The molecule has 2 N–H and O–H groups in total. The first-order valence-corrected chi connectivity index (χ1v) is 9.13. The standard InChI is InChI=1S/C21H21N3O5/c1-14(15-7-3-2-4-8-15)22-18(26)13-29-21(28)19-16-9-5-6-10-17(16)20(27)24(23-19)11-12-25/h2-10,14,25H,11-13H2,1H3,(H,22,26)/t14-/m1/s1. The van der Waals surface area contributed by atoms with E-state index in [1.165, 1.54) is 0 Å². The third-order valence-electron chi connectivity index (χ3n) is 4.38. The van der Waals surface area contributed by atoms with Gasteiger partial charge in [0.1, 0.15) is 0 Å². The largest absolute Gasteiger partial charge is 0.451 e. The van der Waals surface area contributed by atoms with E-state index < -0.39 is 24.0 Å². The summed E-state index contributed by atoms with van der Waals surface area (Å²) in [4.78, 5) is 37.1. The number of aromatic nitrogens is 2. The zero-order valence-electron chi connectivity index (χ0n) is 15.9. The Kier molecular flexibility index (Phi) is 6.36. The molecular weight excluding hydrogens is 374 g/mol. The first kappa shape index (κ1) is 20.2. The Labute approximate surface area is 166 Å². The van der Waals surface area contributed by atoms with E-state index in [1.54, 1.807) is 24.3 Å². The number of aliphatic hydroxyl groups excluding tert-OH is 1. The van der Waals surface area contributed by atoms with Crippen LogP contribution in [0.1, 0.15) is 29.0 Å².